The molecular formula is C19H23N3O3. The summed E-state index contributed by atoms with van der Waals surface area (Å²) in [6.07, 6.45) is 3.38. The van der Waals surface area contributed by atoms with E-state index < -0.39 is 0 Å². The van der Waals surface area contributed by atoms with E-state index in [9.17, 15) is 9.59 Å². The number of hydrogen-bond donors (Lipinski definition) is 2. The second kappa shape index (κ2) is 9.42. The molecule has 0 saturated carbocycles. The van der Waals surface area contributed by atoms with Gasteiger partial charge in [0, 0.05) is 24.8 Å². The van der Waals surface area contributed by atoms with Gasteiger partial charge < -0.3 is 15.4 Å². The van der Waals surface area contributed by atoms with Gasteiger partial charge in [0.05, 0.1) is 7.11 Å². The molecule has 0 radical (unpaired) electrons. The number of nitrogens with one attached hydrogen (secondary N) is 2. The SMILES string of the molecule is CCCCNC(=O)c1cc(C(=O)NCc2ccc(OC)cc2)ccn1. The van der Waals surface area contributed by atoms with Crippen molar-refractivity contribution in [3.8, 4) is 5.75 Å². The molecule has 25 heavy (non-hydrogen) atoms. The van der Waals surface area contributed by atoms with Crippen molar-refractivity contribution >= 4 is 11.8 Å². The van der Waals surface area contributed by atoms with E-state index in [0.29, 0.717) is 18.7 Å². The highest BCUT2D eigenvalue weighted by atomic mass is 16.5. The second-order valence-electron chi connectivity index (χ2n) is 5.57. The molecule has 2 rings (SSSR count). The quantitative estimate of drug-likeness (QED) is 0.723. The summed E-state index contributed by atoms with van der Waals surface area (Å²) in [6.45, 7) is 3.05. The van der Waals surface area contributed by atoms with Crippen LogP contribution in [0.5, 0.6) is 5.75 Å². The molecule has 0 spiro atoms. The van der Waals surface area contributed by atoms with Crippen molar-refractivity contribution in [3.63, 3.8) is 0 Å². The zero-order valence-corrected chi connectivity index (χ0v) is 14.5. The molecule has 1 heterocycles. The van der Waals surface area contributed by atoms with Gasteiger partial charge in [0.2, 0.25) is 0 Å². The first kappa shape index (κ1) is 18.4. The zero-order valence-electron chi connectivity index (χ0n) is 14.5. The number of hydrogen-bond acceptors (Lipinski definition) is 4. The molecule has 0 aliphatic rings. The summed E-state index contributed by atoms with van der Waals surface area (Å²) in [5.41, 5.74) is 1.61. The molecule has 0 atom stereocenters. The first-order chi connectivity index (χ1) is 12.1. The third-order valence-electron chi connectivity index (χ3n) is 3.68. The number of aromatic nitrogens is 1. The van der Waals surface area contributed by atoms with Gasteiger partial charge in [-0.25, -0.2) is 0 Å². The Kier molecular flexibility index (Phi) is 6.95. The van der Waals surface area contributed by atoms with Crippen LogP contribution in [0, 0.1) is 0 Å². The molecule has 0 bridgehead atoms. The molecule has 0 saturated heterocycles. The maximum absolute atomic E-state index is 12.3. The van der Waals surface area contributed by atoms with Crippen LogP contribution >= 0.6 is 0 Å². The van der Waals surface area contributed by atoms with E-state index >= 15 is 0 Å². The maximum atomic E-state index is 12.3. The van der Waals surface area contributed by atoms with Crippen LogP contribution in [0.1, 0.15) is 46.2 Å². The Hall–Kier alpha value is -2.89. The standard InChI is InChI=1S/C19H23N3O3/c1-3-4-10-21-19(24)17-12-15(9-11-20-17)18(23)22-13-14-5-7-16(25-2)8-6-14/h5-9,11-12H,3-4,10,13H2,1-2H3,(H,21,24)(H,22,23). The average Bonchev–Trinajstić information content (AvgIpc) is 2.66. The summed E-state index contributed by atoms with van der Waals surface area (Å²) in [5.74, 6) is 0.252. The van der Waals surface area contributed by atoms with Crippen LogP contribution < -0.4 is 15.4 Å². The topological polar surface area (TPSA) is 80.3 Å². The van der Waals surface area contributed by atoms with Crippen molar-refractivity contribution in [2.75, 3.05) is 13.7 Å². The van der Waals surface area contributed by atoms with Crippen LogP contribution in [-0.2, 0) is 6.54 Å². The molecule has 6 heteroatoms. The average molecular weight is 341 g/mol. The number of ether oxygens (including phenoxy) is 1. The Labute approximate surface area is 147 Å². The first-order valence-corrected chi connectivity index (χ1v) is 8.29. The lowest BCUT2D eigenvalue weighted by atomic mass is 10.2. The van der Waals surface area contributed by atoms with Crippen molar-refractivity contribution in [2.24, 2.45) is 0 Å². The molecule has 0 aliphatic carbocycles. The Morgan fingerprint density at radius 3 is 2.52 bits per heavy atom. The number of rotatable bonds is 8. The predicted octanol–water partition coefficient (Wildman–Crippen LogP) is 2.55. The van der Waals surface area contributed by atoms with Crippen molar-refractivity contribution in [1.29, 1.82) is 0 Å². The molecule has 0 fully saturated rings. The monoisotopic (exact) mass is 341 g/mol. The van der Waals surface area contributed by atoms with Gasteiger partial charge in [-0.3, -0.25) is 14.6 Å². The highest BCUT2D eigenvalue weighted by Crippen LogP contribution is 2.11. The number of amides is 2. The lowest BCUT2D eigenvalue weighted by Gasteiger charge is -2.08. The van der Waals surface area contributed by atoms with E-state index in [4.69, 9.17) is 4.74 Å². The highest BCUT2D eigenvalue weighted by molar-refractivity contribution is 5.98. The Morgan fingerprint density at radius 1 is 1.08 bits per heavy atom. The molecule has 132 valence electrons. The lowest BCUT2D eigenvalue weighted by molar-refractivity contribution is 0.0948. The minimum absolute atomic E-state index is 0.244. The van der Waals surface area contributed by atoms with E-state index in [1.807, 2.05) is 24.3 Å². The summed E-state index contributed by atoms with van der Waals surface area (Å²) in [5, 5.41) is 5.62. The summed E-state index contributed by atoms with van der Waals surface area (Å²) in [6, 6.07) is 10.5. The predicted molar refractivity (Wildman–Crippen MR) is 95.6 cm³/mol. The maximum Gasteiger partial charge on any atom is 0.269 e. The fourth-order valence-electron chi connectivity index (χ4n) is 2.19. The molecule has 0 unspecified atom stereocenters. The molecule has 0 aliphatic heterocycles. The van der Waals surface area contributed by atoms with Gasteiger partial charge in [-0.05, 0) is 36.2 Å². The smallest absolute Gasteiger partial charge is 0.269 e. The summed E-state index contributed by atoms with van der Waals surface area (Å²) < 4.78 is 5.10. The van der Waals surface area contributed by atoms with Crippen molar-refractivity contribution < 1.29 is 14.3 Å². The molecule has 1 aromatic heterocycles. The Bertz CT molecular complexity index is 714. The van der Waals surface area contributed by atoms with Crippen molar-refractivity contribution in [3.05, 3.63) is 59.4 Å². The number of carbonyl (C=O) groups excluding carboxylic acids is 2. The van der Waals surface area contributed by atoms with Crippen LogP contribution in [0.15, 0.2) is 42.6 Å². The molecule has 2 amide bonds. The Balaban J connectivity index is 1.94. The molecular weight excluding hydrogens is 318 g/mol. The molecule has 6 nitrogen and oxygen atoms in total. The second-order valence-corrected chi connectivity index (χ2v) is 5.57. The van der Waals surface area contributed by atoms with Gasteiger partial charge in [-0.2, -0.15) is 0 Å². The Morgan fingerprint density at radius 2 is 1.84 bits per heavy atom. The third kappa shape index (κ3) is 5.60. The van der Waals surface area contributed by atoms with Gasteiger partial charge >= 0.3 is 0 Å². The normalized spacial score (nSPS) is 10.2. The van der Waals surface area contributed by atoms with E-state index in [0.717, 1.165) is 24.2 Å². The number of nitrogens with zero attached hydrogens (tertiary/aromatic N) is 1. The molecule has 2 aromatic rings. The van der Waals surface area contributed by atoms with Crippen LogP contribution in [0.4, 0.5) is 0 Å². The van der Waals surface area contributed by atoms with E-state index in [1.54, 1.807) is 13.2 Å². The number of carbonyl (C=O) groups is 2. The number of pyridine rings is 1. The van der Waals surface area contributed by atoms with E-state index in [2.05, 4.69) is 22.5 Å². The van der Waals surface area contributed by atoms with Crippen LogP contribution in [0.2, 0.25) is 0 Å². The van der Waals surface area contributed by atoms with Crippen molar-refractivity contribution in [2.45, 2.75) is 26.3 Å². The van der Waals surface area contributed by atoms with Gasteiger partial charge in [0.25, 0.3) is 11.8 Å². The van der Waals surface area contributed by atoms with Crippen LogP contribution in [-0.4, -0.2) is 30.5 Å². The van der Waals surface area contributed by atoms with Crippen LogP contribution in [0.3, 0.4) is 0 Å². The van der Waals surface area contributed by atoms with E-state index in [-0.39, 0.29) is 17.5 Å². The van der Waals surface area contributed by atoms with E-state index in [1.165, 1.54) is 12.3 Å². The third-order valence-corrected chi connectivity index (χ3v) is 3.68. The van der Waals surface area contributed by atoms with Gasteiger partial charge in [-0.15, -0.1) is 0 Å². The van der Waals surface area contributed by atoms with Gasteiger partial charge in [0.15, 0.2) is 0 Å². The van der Waals surface area contributed by atoms with Crippen molar-refractivity contribution in [1.82, 2.24) is 15.6 Å². The lowest BCUT2D eigenvalue weighted by Crippen LogP contribution is -2.27. The minimum Gasteiger partial charge on any atom is -0.497 e. The molecule has 2 N–H and O–H groups in total. The summed E-state index contributed by atoms with van der Waals surface area (Å²) in [4.78, 5) is 28.3. The first-order valence-electron chi connectivity index (χ1n) is 8.29. The summed E-state index contributed by atoms with van der Waals surface area (Å²) >= 11 is 0. The number of benzene rings is 1. The van der Waals surface area contributed by atoms with Gasteiger partial charge in [0.1, 0.15) is 11.4 Å². The largest absolute Gasteiger partial charge is 0.497 e. The fourth-order valence-corrected chi connectivity index (χ4v) is 2.19. The number of unbranched alkanes of at least 4 members (excludes halogenated alkanes) is 1. The van der Waals surface area contributed by atoms with Crippen LogP contribution in [0.25, 0.3) is 0 Å². The minimum atomic E-state index is -0.266. The summed E-state index contributed by atoms with van der Waals surface area (Å²) in [7, 11) is 1.61. The number of methoxy groups -OCH3 is 1. The fraction of sp³-hybridized carbons (Fsp3) is 0.316. The highest BCUT2D eigenvalue weighted by Gasteiger charge is 2.11. The molecule has 1 aromatic carbocycles. The van der Waals surface area contributed by atoms with Gasteiger partial charge in [-0.1, -0.05) is 25.5 Å². The zero-order chi connectivity index (χ0) is 18.1.